The molecule has 2 aromatic rings. The van der Waals surface area contributed by atoms with Crippen molar-refractivity contribution in [2.45, 2.75) is 25.9 Å². The van der Waals surface area contributed by atoms with Crippen LogP contribution in [-0.2, 0) is 0 Å². The highest BCUT2D eigenvalue weighted by molar-refractivity contribution is 7.22. The zero-order chi connectivity index (χ0) is 11.4. The summed E-state index contributed by atoms with van der Waals surface area (Å²) in [6.07, 6.45) is 1.37. The van der Waals surface area contributed by atoms with Crippen molar-refractivity contribution in [1.29, 1.82) is 0 Å². The lowest BCUT2D eigenvalue weighted by atomic mass is 10.2. The highest BCUT2D eigenvalue weighted by atomic mass is 32.1. The van der Waals surface area contributed by atoms with Gasteiger partial charge in [-0.15, -0.1) is 0 Å². The Morgan fingerprint density at radius 3 is 3.00 bits per heavy atom. The highest BCUT2D eigenvalue weighted by Gasteiger charge is 2.03. The van der Waals surface area contributed by atoms with E-state index in [0.29, 0.717) is 0 Å². The highest BCUT2D eigenvalue weighted by Crippen LogP contribution is 2.25. The number of rotatable bonds is 5. The average Bonchev–Trinajstić information content (AvgIpc) is 2.71. The molecule has 16 heavy (non-hydrogen) atoms. The summed E-state index contributed by atoms with van der Waals surface area (Å²) in [6, 6.07) is 8.09. The molecule has 3 nitrogen and oxygen atoms in total. The first kappa shape index (κ1) is 11.4. The van der Waals surface area contributed by atoms with Crippen molar-refractivity contribution in [2.75, 3.05) is 11.9 Å². The largest absolute Gasteiger partial charge is 0.393 e. The summed E-state index contributed by atoms with van der Waals surface area (Å²) >= 11 is 1.65. The Morgan fingerprint density at radius 2 is 2.25 bits per heavy atom. The van der Waals surface area contributed by atoms with Crippen LogP contribution in [0.3, 0.4) is 0 Å². The molecule has 0 bridgehead atoms. The number of aromatic nitrogens is 1. The average molecular weight is 236 g/mol. The quantitative estimate of drug-likeness (QED) is 0.839. The fourth-order valence-corrected chi connectivity index (χ4v) is 2.39. The predicted octanol–water partition coefficient (Wildman–Crippen LogP) is 2.87. The van der Waals surface area contributed by atoms with Gasteiger partial charge in [-0.1, -0.05) is 30.4 Å². The van der Waals surface area contributed by atoms with Gasteiger partial charge in [0.2, 0.25) is 0 Å². The second-order valence-corrected chi connectivity index (χ2v) is 4.79. The van der Waals surface area contributed by atoms with Crippen LogP contribution in [0.4, 0.5) is 5.13 Å². The number of para-hydroxylation sites is 1. The van der Waals surface area contributed by atoms with Gasteiger partial charge in [0.1, 0.15) is 0 Å². The summed E-state index contributed by atoms with van der Waals surface area (Å²) < 4.78 is 1.20. The molecule has 1 aromatic heterocycles. The third kappa shape index (κ3) is 2.71. The van der Waals surface area contributed by atoms with Gasteiger partial charge in [-0.05, 0) is 25.0 Å². The van der Waals surface area contributed by atoms with E-state index < -0.39 is 0 Å². The van der Waals surface area contributed by atoms with E-state index in [9.17, 15) is 5.11 Å². The third-order valence-corrected chi connectivity index (χ3v) is 3.51. The molecule has 1 heterocycles. The fourth-order valence-electron chi connectivity index (χ4n) is 1.50. The summed E-state index contributed by atoms with van der Waals surface area (Å²) in [5.41, 5.74) is 1.03. The van der Waals surface area contributed by atoms with Gasteiger partial charge >= 0.3 is 0 Å². The number of aliphatic hydroxyl groups is 1. The number of fused-ring (bicyclic) bond motifs is 1. The van der Waals surface area contributed by atoms with Crippen molar-refractivity contribution in [3.05, 3.63) is 24.3 Å². The van der Waals surface area contributed by atoms with Crippen molar-refractivity contribution < 1.29 is 5.11 Å². The number of hydrogen-bond donors (Lipinski definition) is 2. The number of aliphatic hydroxyl groups excluding tert-OH is 1. The van der Waals surface area contributed by atoms with Crippen LogP contribution in [0, 0.1) is 0 Å². The van der Waals surface area contributed by atoms with Gasteiger partial charge in [0, 0.05) is 6.54 Å². The van der Waals surface area contributed by atoms with Gasteiger partial charge in [-0.25, -0.2) is 4.98 Å². The van der Waals surface area contributed by atoms with E-state index in [0.717, 1.165) is 30.0 Å². The zero-order valence-corrected chi connectivity index (χ0v) is 10.1. The van der Waals surface area contributed by atoms with Crippen molar-refractivity contribution in [1.82, 2.24) is 4.98 Å². The molecule has 0 amide bonds. The van der Waals surface area contributed by atoms with E-state index >= 15 is 0 Å². The Morgan fingerprint density at radius 1 is 1.44 bits per heavy atom. The molecule has 0 aliphatic rings. The third-order valence-electron chi connectivity index (χ3n) is 2.52. The van der Waals surface area contributed by atoms with Crippen molar-refractivity contribution in [3.63, 3.8) is 0 Å². The summed E-state index contributed by atoms with van der Waals surface area (Å²) in [7, 11) is 0. The minimum atomic E-state index is -0.207. The second kappa shape index (κ2) is 5.27. The molecule has 0 saturated carbocycles. The van der Waals surface area contributed by atoms with Gasteiger partial charge in [-0.2, -0.15) is 0 Å². The first-order chi connectivity index (χ1) is 7.79. The molecular formula is C12H16N2OS. The lowest BCUT2D eigenvalue weighted by Gasteiger charge is -2.07. The molecule has 2 N–H and O–H groups in total. The van der Waals surface area contributed by atoms with Crippen LogP contribution in [0.15, 0.2) is 24.3 Å². The van der Waals surface area contributed by atoms with E-state index in [1.165, 1.54) is 4.70 Å². The lowest BCUT2D eigenvalue weighted by molar-refractivity contribution is 0.164. The van der Waals surface area contributed by atoms with Crippen LogP contribution in [0.2, 0.25) is 0 Å². The van der Waals surface area contributed by atoms with Gasteiger partial charge in [0.05, 0.1) is 16.3 Å². The number of thiazole rings is 1. The SMILES string of the molecule is CCC(O)CCNc1nc2ccccc2s1. The van der Waals surface area contributed by atoms with E-state index in [4.69, 9.17) is 0 Å². The molecule has 1 atom stereocenters. The number of nitrogens with zero attached hydrogens (tertiary/aromatic N) is 1. The van der Waals surface area contributed by atoms with Crippen molar-refractivity contribution in [2.24, 2.45) is 0 Å². The number of hydrogen-bond acceptors (Lipinski definition) is 4. The fraction of sp³-hybridized carbons (Fsp3) is 0.417. The molecule has 86 valence electrons. The Labute approximate surface area is 99.1 Å². The maximum Gasteiger partial charge on any atom is 0.183 e. The molecule has 0 fully saturated rings. The smallest absolute Gasteiger partial charge is 0.183 e. The second-order valence-electron chi connectivity index (χ2n) is 3.76. The van der Waals surface area contributed by atoms with Gasteiger partial charge in [0.25, 0.3) is 0 Å². The summed E-state index contributed by atoms with van der Waals surface area (Å²) in [5.74, 6) is 0. The maximum absolute atomic E-state index is 9.42. The summed E-state index contributed by atoms with van der Waals surface area (Å²) in [6.45, 7) is 2.76. The Hall–Kier alpha value is -1.13. The normalized spacial score (nSPS) is 12.9. The molecule has 0 aliphatic heterocycles. The van der Waals surface area contributed by atoms with E-state index in [2.05, 4.69) is 16.4 Å². The zero-order valence-electron chi connectivity index (χ0n) is 9.31. The maximum atomic E-state index is 9.42. The van der Waals surface area contributed by atoms with E-state index in [1.807, 2.05) is 25.1 Å². The minimum absolute atomic E-state index is 0.207. The Bertz CT molecular complexity index is 422. The molecule has 1 aromatic carbocycles. The minimum Gasteiger partial charge on any atom is -0.393 e. The first-order valence-corrected chi connectivity index (χ1v) is 6.38. The number of anilines is 1. The predicted molar refractivity (Wildman–Crippen MR) is 69.0 cm³/mol. The molecule has 4 heteroatoms. The van der Waals surface area contributed by atoms with Crippen LogP contribution in [0.5, 0.6) is 0 Å². The topological polar surface area (TPSA) is 45.1 Å². The Kier molecular flexibility index (Phi) is 3.74. The molecule has 0 radical (unpaired) electrons. The molecule has 0 spiro atoms. The molecule has 0 saturated heterocycles. The van der Waals surface area contributed by atoms with Crippen LogP contribution < -0.4 is 5.32 Å². The van der Waals surface area contributed by atoms with Gasteiger partial charge in [-0.3, -0.25) is 0 Å². The van der Waals surface area contributed by atoms with Crippen LogP contribution in [0.1, 0.15) is 19.8 Å². The lowest BCUT2D eigenvalue weighted by Crippen LogP contribution is -2.11. The van der Waals surface area contributed by atoms with Crippen molar-refractivity contribution >= 4 is 26.7 Å². The molecule has 2 rings (SSSR count). The molecule has 0 aliphatic carbocycles. The summed E-state index contributed by atoms with van der Waals surface area (Å²) in [4.78, 5) is 4.46. The molecular weight excluding hydrogens is 220 g/mol. The monoisotopic (exact) mass is 236 g/mol. The van der Waals surface area contributed by atoms with E-state index in [-0.39, 0.29) is 6.10 Å². The number of benzene rings is 1. The standard InChI is InChI=1S/C12H16N2OS/c1-2-9(15)7-8-13-12-14-10-5-3-4-6-11(10)16-12/h3-6,9,15H,2,7-8H2,1H3,(H,13,14). The Balaban J connectivity index is 1.94. The van der Waals surface area contributed by atoms with Crippen molar-refractivity contribution in [3.8, 4) is 0 Å². The number of nitrogens with one attached hydrogen (secondary N) is 1. The first-order valence-electron chi connectivity index (χ1n) is 5.57. The van der Waals surface area contributed by atoms with E-state index in [1.54, 1.807) is 11.3 Å². The van der Waals surface area contributed by atoms with Crippen LogP contribution in [0.25, 0.3) is 10.2 Å². The van der Waals surface area contributed by atoms with Crippen LogP contribution >= 0.6 is 11.3 Å². The summed E-state index contributed by atoms with van der Waals surface area (Å²) in [5, 5.41) is 13.6. The van der Waals surface area contributed by atoms with Gasteiger partial charge < -0.3 is 10.4 Å². The van der Waals surface area contributed by atoms with Gasteiger partial charge in [0.15, 0.2) is 5.13 Å². The van der Waals surface area contributed by atoms with Crippen LogP contribution in [-0.4, -0.2) is 22.7 Å². The molecule has 1 unspecified atom stereocenters.